The van der Waals surface area contributed by atoms with Gasteiger partial charge < -0.3 is 4.90 Å². The summed E-state index contributed by atoms with van der Waals surface area (Å²) in [5, 5.41) is 9.88. The smallest absolute Gasteiger partial charge is 0.0468 e. The summed E-state index contributed by atoms with van der Waals surface area (Å²) in [6.07, 6.45) is 0. The van der Waals surface area contributed by atoms with Gasteiger partial charge in [0.2, 0.25) is 0 Å². The summed E-state index contributed by atoms with van der Waals surface area (Å²) in [4.78, 5) is 2.41. The molecule has 0 heterocycles. The van der Waals surface area contributed by atoms with Crippen molar-refractivity contribution in [3.8, 4) is 55.6 Å². The molecule has 0 aliphatic heterocycles. The molecule has 12 rings (SSSR count). The van der Waals surface area contributed by atoms with Gasteiger partial charge in [-0.1, -0.05) is 206 Å². The van der Waals surface area contributed by atoms with E-state index < -0.39 is 0 Å². The predicted molar refractivity (Wildman–Crippen MR) is 278 cm³/mol. The van der Waals surface area contributed by atoms with Crippen molar-refractivity contribution in [1.29, 1.82) is 0 Å². The van der Waals surface area contributed by atoms with Crippen molar-refractivity contribution in [1.82, 2.24) is 0 Å². The normalized spacial score (nSPS) is 11.4. The molecule has 0 aliphatic carbocycles. The number of rotatable bonds is 8. The van der Waals surface area contributed by atoms with Gasteiger partial charge >= 0.3 is 0 Å². The molecule has 0 amide bonds. The highest BCUT2D eigenvalue weighted by molar-refractivity contribution is 6.22. The van der Waals surface area contributed by atoms with Crippen molar-refractivity contribution in [2.75, 3.05) is 4.90 Å². The lowest BCUT2D eigenvalue weighted by atomic mass is 9.84. The summed E-state index contributed by atoms with van der Waals surface area (Å²) in [5.41, 5.74) is 15.3. The Morgan fingerprint density at radius 3 is 1.25 bits per heavy atom. The van der Waals surface area contributed by atoms with E-state index in [0.29, 0.717) is 0 Å². The second-order valence-electron chi connectivity index (χ2n) is 16.9. The van der Waals surface area contributed by atoms with Crippen LogP contribution in [0.3, 0.4) is 0 Å². The Morgan fingerprint density at radius 1 is 0.185 bits per heavy atom. The maximum absolute atomic E-state index is 2.42. The van der Waals surface area contributed by atoms with Crippen LogP contribution in [0.25, 0.3) is 98.7 Å². The third-order valence-electron chi connectivity index (χ3n) is 13.0. The van der Waals surface area contributed by atoms with E-state index in [1.165, 1.54) is 93.2 Å². The molecule has 1 heteroatoms. The summed E-state index contributed by atoms with van der Waals surface area (Å²) >= 11 is 0. The molecule has 0 saturated heterocycles. The molecule has 0 atom stereocenters. The monoisotopic (exact) mass is 825 g/mol. The Bertz CT molecular complexity index is 3700. The van der Waals surface area contributed by atoms with Crippen LogP contribution in [-0.2, 0) is 0 Å². The van der Waals surface area contributed by atoms with Crippen molar-refractivity contribution < 1.29 is 0 Å². The maximum Gasteiger partial charge on any atom is 0.0468 e. The van der Waals surface area contributed by atoms with Gasteiger partial charge in [-0.3, -0.25) is 0 Å². The lowest BCUT2D eigenvalue weighted by Crippen LogP contribution is -2.10. The average molecular weight is 826 g/mol. The van der Waals surface area contributed by atoms with Gasteiger partial charge in [-0.05, 0) is 153 Å². The van der Waals surface area contributed by atoms with Crippen LogP contribution < -0.4 is 4.90 Å². The summed E-state index contributed by atoms with van der Waals surface area (Å²) < 4.78 is 0. The van der Waals surface area contributed by atoms with Gasteiger partial charge in [0.25, 0.3) is 0 Å². The number of benzene rings is 12. The van der Waals surface area contributed by atoms with Crippen LogP contribution in [0.15, 0.2) is 261 Å². The minimum absolute atomic E-state index is 1.09. The van der Waals surface area contributed by atoms with Gasteiger partial charge in [0.1, 0.15) is 0 Å². The highest BCUT2D eigenvalue weighted by atomic mass is 15.1. The summed E-state index contributed by atoms with van der Waals surface area (Å²) in [5.74, 6) is 0. The zero-order valence-corrected chi connectivity index (χ0v) is 35.8. The van der Waals surface area contributed by atoms with Crippen molar-refractivity contribution in [2.45, 2.75) is 0 Å². The van der Waals surface area contributed by atoms with E-state index in [0.717, 1.165) is 22.6 Å². The van der Waals surface area contributed by atoms with Gasteiger partial charge in [-0.25, -0.2) is 0 Å². The van der Waals surface area contributed by atoms with E-state index >= 15 is 0 Å². The predicted octanol–water partition coefficient (Wildman–Crippen LogP) is 18.1. The van der Waals surface area contributed by atoms with Crippen molar-refractivity contribution in [3.63, 3.8) is 0 Å². The van der Waals surface area contributed by atoms with E-state index in [9.17, 15) is 0 Å². The zero-order valence-electron chi connectivity index (χ0n) is 35.8. The minimum Gasteiger partial charge on any atom is -0.310 e. The van der Waals surface area contributed by atoms with Gasteiger partial charge in [-0.2, -0.15) is 0 Å². The number of nitrogens with zero attached hydrogens (tertiary/aromatic N) is 1. The molecular formula is C64H43N. The summed E-state index contributed by atoms with van der Waals surface area (Å²) in [6.45, 7) is 0. The Hall–Kier alpha value is -8.52. The average Bonchev–Trinajstić information content (AvgIpc) is 3.39. The van der Waals surface area contributed by atoms with Gasteiger partial charge in [0, 0.05) is 17.1 Å². The number of hydrogen-bond acceptors (Lipinski definition) is 1. The van der Waals surface area contributed by atoms with Gasteiger partial charge in [0.15, 0.2) is 0 Å². The standard InChI is InChI=1S/C64H43N/c1-4-16-44(17-5-1)51-32-33-54-42-58(36-34-53(54)39-51)65(56-26-14-24-49(40-56)52-31-30-45-18-10-11-23-48(45)38-52)57-27-15-25-50(41-57)55-35-37-60-59-28-12-13-29-61(59)63(46-19-6-2-7-20-46)64(62(60)43-55)47-21-8-3-9-22-47/h1-43H. The summed E-state index contributed by atoms with van der Waals surface area (Å²) in [6, 6.07) is 95.4. The van der Waals surface area contributed by atoms with E-state index in [-0.39, 0.29) is 0 Å². The van der Waals surface area contributed by atoms with Crippen LogP contribution in [0.2, 0.25) is 0 Å². The molecule has 0 fully saturated rings. The lowest BCUT2D eigenvalue weighted by molar-refractivity contribution is 1.29. The molecule has 0 spiro atoms. The van der Waals surface area contributed by atoms with Crippen LogP contribution in [0.1, 0.15) is 0 Å². The van der Waals surface area contributed by atoms with E-state index in [1.54, 1.807) is 0 Å². The van der Waals surface area contributed by atoms with Crippen LogP contribution in [0.4, 0.5) is 17.1 Å². The third-order valence-corrected chi connectivity index (χ3v) is 13.0. The number of anilines is 3. The molecule has 0 saturated carbocycles. The molecule has 304 valence electrons. The molecule has 0 unspecified atom stereocenters. The number of fused-ring (bicyclic) bond motifs is 5. The Balaban J connectivity index is 1.03. The van der Waals surface area contributed by atoms with Crippen molar-refractivity contribution in [2.24, 2.45) is 0 Å². The van der Waals surface area contributed by atoms with Gasteiger partial charge in [-0.15, -0.1) is 0 Å². The first kappa shape index (κ1) is 38.2. The highest BCUT2D eigenvalue weighted by Gasteiger charge is 2.20. The zero-order chi connectivity index (χ0) is 43.1. The van der Waals surface area contributed by atoms with Crippen molar-refractivity contribution >= 4 is 60.2 Å². The molecule has 0 N–H and O–H groups in total. The first-order valence-electron chi connectivity index (χ1n) is 22.4. The number of hydrogen-bond donors (Lipinski definition) is 0. The van der Waals surface area contributed by atoms with Crippen LogP contribution >= 0.6 is 0 Å². The third kappa shape index (κ3) is 7.10. The SMILES string of the molecule is c1ccc(-c2ccc3cc(N(c4cccc(-c5ccc6ccccc6c5)c4)c4cccc(-c5ccc6c(c5)c(-c5ccccc5)c(-c5ccccc5)c5ccccc56)c4)ccc3c2)cc1. The first-order chi connectivity index (χ1) is 32.2. The molecule has 12 aromatic carbocycles. The fourth-order valence-electron chi connectivity index (χ4n) is 9.83. The lowest BCUT2D eigenvalue weighted by Gasteiger charge is -2.27. The maximum atomic E-state index is 2.42. The Kier molecular flexibility index (Phi) is 9.58. The highest BCUT2D eigenvalue weighted by Crippen LogP contribution is 2.46. The van der Waals surface area contributed by atoms with Gasteiger partial charge in [0.05, 0.1) is 0 Å². The molecule has 1 nitrogen and oxygen atoms in total. The van der Waals surface area contributed by atoms with E-state index in [2.05, 4.69) is 266 Å². The largest absolute Gasteiger partial charge is 0.310 e. The fraction of sp³-hybridized carbons (Fsp3) is 0. The molecule has 0 radical (unpaired) electrons. The molecule has 0 bridgehead atoms. The Labute approximate surface area is 379 Å². The fourth-order valence-corrected chi connectivity index (χ4v) is 9.83. The van der Waals surface area contributed by atoms with Crippen LogP contribution in [-0.4, -0.2) is 0 Å². The quantitative estimate of drug-likeness (QED) is 0.138. The minimum atomic E-state index is 1.09. The van der Waals surface area contributed by atoms with Crippen LogP contribution in [0.5, 0.6) is 0 Å². The molecule has 65 heavy (non-hydrogen) atoms. The van der Waals surface area contributed by atoms with Crippen LogP contribution in [0, 0.1) is 0 Å². The molecule has 0 aromatic heterocycles. The topological polar surface area (TPSA) is 3.24 Å². The molecule has 0 aliphatic rings. The first-order valence-corrected chi connectivity index (χ1v) is 22.4. The second-order valence-corrected chi connectivity index (χ2v) is 16.9. The molecular weight excluding hydrogens is 783 g/mol. The Morgan fingerprint density at radius 2 is 0.585 bits per heavy atom. The second kappa shape index (κ2) is 16.3. The van der Waals surface area contributed by atoms with E-state index in [1.807, 2.05) is 0 Å². The molecule has 12 aromatic rings. The van der Waals surface area contributed by atoms with E-state index in [4.69, 9.17) is 0 Å². The van der Waals surface area contributed by atoms with Crippen molar-refractivity contribution in [3.05, 3.63) is 261 Å². The summed E-state index contributed by atoms with van der Waals surface area (Å²) in [7, 11) is 0.